The zero-order chi connectivity index (χ0) is 13.1. The average Bonchev–Trinajstić information content (AvgIpc) is 2.75. The van der Waals surface area contributed by atoms with Gasteiger partial charge in [-0.25, -0.2) is 0 Å². The second kappa shape index (κ2) is 5.30. The Bertz CT molecular complexity index is 535. The van der Waals surface area contributed by atoms with Crippen molar-refractivity contribution in [2.24, 2.45) is 0 Å². The van der Waals surface area contributed by atoms with Gasteiger partial charge in [-0.3, -0.25) is 0 Å². The predicted octanol–water partition coefficient (Wildman–Crippen LogP) is 2.41. The molecule has 6 heteroatoms. The largest absolute Gasteiger partial charge is 0.354 e. The third kappa shape index (κ3) is 2.59. The van der Waals surface area contributed by atoms with E-state index < -0.39 is 0 Å². The molecule has 1 N–H and O–H groups in total. The topological polar surface area (TPSA) is 53.9 Å². The van der Waals surface area contributed by atoms with E-state index in [1.54, 1.807) is 11.3 Å². The summed E-state index contributed by atoms with van der Waals surface area (Å²) in [4.78, 5) is 16.4. The summed E-state index contributed by atoms with van der Waals surface area (Å²) in [6.07, 6.45) is 0. The van der Waals surface area contributed by atoms with Crippen LogP contribution in [0.3, 0.4) is 0 Å². The first-order valence-electron chi connectivity index (χ1n) is 5.83. The lowest BCUT2D eigenvalue weighted by atomic mass is 10.2. The Hall–Kier alpha value is -1.69. The molecule has 0 aliphatic rings. The number of thiophene rings is 1. The van der Waals surface area contributed by atoms with Crippen molar-refractivity contribution in [1.29, 1.82) is 0 Å². The number of aryl methyl sites for hydroxylation is 1. The highest BCUT2D eigenvalue weighted by Gasteiger charge is 2.11. The molecule has 2 aromatic rings. The molecule has 2 heterocycles. The Labute approximate surface area is 111 Å². The normalized spacial score (nSPS) is 10.4. The molecule has 2 rings (SSSR count). The Morgan fingerprint density at radius 3 is 2.61 bits per heavy atom. The summed E-state index contributed by atoms with van der Waals surface area (Å²) in [7, 11) is 3.85. The lowest BCUT2D eigenvalue weighted by Gasteiger charge is -2.13. The maximum atomic E-state index is 4.49. The molecule has 0 amide bonds. The van der Waals surface area contributed by atoms with Gasteiger partial charge in [-0.1, -0.05) is 0 Å². The molecule has 5 nitrogen and oxygen atoms in total. The molecule has 0 bridgehead atoms. The third-order valence-electron chi connectivity index (χ3n) is 2.46. The molecule has 0 fully saturated rings. The predicted molar refractivity (Wildman–Crippen MR) is 76.4 cm³/mol. The first-order chi connectivity index (χ1) is 8.61. The standard InChI is InChI=1S/C12H17N5S/c1-5-13-11-14-10(9-6-7-18-8(9)2)15-12(16-11)17(3)4/h6-7H,5H2,1-4H3,(H,13,14,15,16). The first kappa shape index (κ1) is 12.8. The van der Waals surface area contributed by atoms with Crippen LogP contribution in [-0.2, 0) is 0 Å². The number of nitrogens with one attached hydrogen (secondary N) is 1. The third-order valence-corrected chi connectivity index (χ3v) is 3.30. The van der Waals surface area contributed by atoms with Crippen molar-refractivity contribution in [3.8, 4) is 11.4 Å². The second-order valence-corrected chi connectivity index (χ2v) is 5.22. The van der Waals surface area contributed by atoms with E-state index in [1.165, 1.54) is 4.88 Å². The molecule has 0 aliphatic carbocycles. The Morgan fingerprint density at radius 2 is 2.06 bits per heavy atom. The fourth-order valence-electron chi connectivity index (χ4n) is 1.54. The molecular formula is C12H17N5S. The van der Waals surface area contributed by atoms with Crippen LogP contribution in [-0.4, -0.2) is 35.6 Å². The molecule has 0 radical (unpaired) electrons. The molecule has 0 saturated carbocycles. The van der Waals surface area contributed by atoms with Gasteiger partial charge in [0.1, 0.15) is 0 Å². The van der Waals surface area contributed by atoms with Gasteiger partial charge in [-0.05, 0) is 25.3 Å². The van der Waals surface area contributed by atoms with E-state index >= 15 is 0 Å². The van der Waals surface area contributed by atoms with Crippen LogP contribution in [0.2, 0.25) is 0 Å². The minimum absolute atomic E-state index is 0.622. The first-order valence-corrected chi connectivity index (χ1v) is 6.71. The number of hydrogen-bond acceptors (Lipinski definition) is 6. The van der Waals surface area contributed by atoms with Crippen LogP contribution in [0.25, 0.3) is 11.4 Å². The van der Waals surface area contributed by atoms with Gasteiger partial charge in [0.2, 0.25) is 11.9 Å². The molecule has 96 valence electrons. The Balaban J connectivity index is 2.50. The molecule has 0 spiro atoms. The van der Waals surface area contributed by atoms with Crippen LogP contribution in [0.15, 0.2) is 11.4 Å². The second-order valence-electron chi connectivity index (χ2n) is 4.10. The van der Waals surface area contributed by atoms with Gasteiger partial charge in [0, 0.05) is 31.1 Å². The summed E-state index contributed by atoms with van der Waals surface area (Å²) >= 11 is 1.70. The highest BCUT2D eigenvalue weighted by Crippen LogP contribution is 2.26. The van der Waals surface area contributed by atoms with E-state index in [1.807, 2.05) is 32.0 Å². The summed E-state index contributed by atoms with van der Waals surface area (Å²) in [6.45, 7) is 4.89. The Kier molecular flexibility index (Phi) is 3.76. The van der Waals surface area contributed by atoms with Crippen LogP contribution < -0.4 is 10.2 Å². The molecule has 0 aliphatic heterocycles. The van der Waals surface area contributed by atoms with Crippen LogP contribution in [0.1, 0.15) is 11.8 Å². The van der Waals surface area contributed by atoms with Crippen molar-refractivity contribution in [2.75, 3.05) is 30.9 Å². The van der Waals surface area contributed by atoms with Crippen molar-refractivity contribution in [1.82, 2.24) is 15.0 Å². The minimum atomic E-state index is 0.622. The number of hydrogen-bond donors (Lipinski definition) is 1. The van der Waals surface area contributed by atoms with Crippen molar-refractivity contribution >= 4 is 23.2 Å². The highest BCUT2D eigenvalue weighted by atomic mass is 32.1. The number of aromatic nitrogens is 3. The SMILES string of the molecule is CCNc1nc(-c2ccsc2C)nc(N(C)C)n1. The zero-order valence-electron chi connectivity index (χ0n) is 11.1. The van der Waals surface area contributed by atoms with E-state index in [2.05, 4.69) is 32.6 Å². The summed E-state index contributed by atoms with van der Waals surface area (Å²) in [5.41, 5.74) is 1.07. The van der Waals surface area contributed by atoms with Crippen LogP contribution in [0.5, 0.6) is 0 Å². The van der Waals surface area contributed by atoms with E-state index in [9.17, 15) is 0 Å². The fraction of sp³-hybridized carbons (Fsp3) is 0.417. The molecule has 2 aromatic heterocycles. The van der Waals surface area contributed by atoms with Gasteiger partial charge in [-0.2, -0.15) is 15.0 Å². The fourth-order valence-corrected chi connectivity index (χ4v) is 2.23. The average molecular weight is 263 g/mol. The smallest absolute Gasteiger partial charge is 0.230 e. The highest BCUT2D eigenvalue weighted by molar-refractivity contribution is 7.10. The number of nitrogens with zero attached hydrogens (tertiary/aromatic N) is 4. The molecule has 0 aromatic carbocycles. The van der Waals surface area contributed by atoms with Crippen LogP contribution in [0, 0.1) is 6.92 Å². The van der Waals surface area contributed by atoms with Crippen molar-refractivity contribution in [3.63, 3.8) is 0 Å². The van der Waals surface area contributed by atoms with E-state index in [-0.39, 0.29) is 0 Å². The van der Waals surface area contributed by atoms with Gasteiger partial charge in [0.25, 0.3) is 0 Å². The molecule has 0 unspecified atom stereocenters. The lowest BCUT2D eigenvalue weighted by molar-refractivity contribution is 0.953. The molecular weight excluding hydrogens is 246 g/mol. The molecule has 0 atom stereocenters. The van der Waals surface area contributed by atoms with Gasteiger partial charge in [0.05, 0.1) is 0 Å². The van der Waals surface area contributed by atoms with Crippen LogP contribution in [0.4, 0.5) is 11.9 Å². The van der Waals surface area contributed by atoms with Gasteiger partial charge < -0.3 is 10.2 Å². The Morgan fingerprint density at radius 1 is 1.28 bits per heavy atom. The van der Waals surface area contributed by atoms with E-state index in [0.29, 0.717) is 11.9 Å². The quantitative estimate of drug-likeness (QED) is 0.918. The summed E-state index contributed by atoms with van der Waals surface area (Å²) in [6, 6.07) is 2.05. The molecule has 0 saturated heterocycles. The number of rotatable bonds is 4. The lowest BCUT2D eigenvalue weighted by Crippen LogP contribution is -2.15. The van der Waals surface area contributed by atoms with Crippen molar-refractivity contribution in [2.45, 2.75) is 13.8 Å². The van der Waals surface area contributed by atoms with Crippen molar-refractivity contribution < 1.29 is 0 Å². The maximum absolute atomic E-state index is 4.49. The monoisotopic (exact) mass is 263 g/mol. The minimum Gasteiger partial charge on any atom is -0.354 e. The number of anilines is 2. The summed E-state index contributed by atoms with van der Waals surface area (Å²) in [5.74, 6) is 2.02. The maximum Gasteiger partial charge on any atom is 0.230 e. The van der Waals surface area contributed by atoms with Crippen LogP contribution >= 0.6 is 11.3 Å². The zero-order valence-corrected chi connectivity index (χ0v) is 11.9. The van der Waals surface area contributed by atoms with Crippen molar-refractivity contribution in [3.05, 3.63) is 16.3 Å². The summed E-state index contributed by atoms with van der Waals surface area (Å²) < 4.78 is 0. The van der Waals surface area contributed by atoms with Gasteiger partial charge in [-0.15, -0.1) is 11.3 Å². The van der Waals surface area contributed by atoms with Gasteiger partial charge >= 0.3 is 0 Å². The molecule has 18 heavy (non-hydrogen) atoms. The van der Waals surface area contributed by atoms with E-state index in [4.69, 9.17) is 0 Å². The summed E-state index contributed by atoms with van der Waals surface area (Å²) in [5, 5.41) is 5.19. The van der Waals surface area contributed by atoms with E-state index in [0.717, 1.165) is 17.9 Å². The van der Waals surface area contributed by atoms with Gasteiger partial charge in [0.15, 0.2) is 5.82 Å².